The highest BCUT2D eigenvalue weighted by atomic mass is 79.9. The molecule has 192 valence electrons. The summed E-state index contributed by atoms with van der Waals surface area (Å²) < 4.78 is 12.2. The summed E-state index contributed by atoms with van der Waals surface area (Å²) in [5, 5.41) is 5.87. The van der Waals surface area contributed by atoms with E-state index in [1.807, 2.05) is 26.0 Å². The van der Waals surface area contributed by atoms with E-state index in [-0.39, 0.29) is 42.8 Å². The molecule has 0 radical (unpaired) electrons. The summed E-state index contributed by atoms with van der Waals surface area (Å²) in [6.45, 7) is 5.44. The van der Waals surface area contributed by atoms with E-state index in [1.165, 1.54) is 0 Å². The number of rotatable bonds is 9. The van der Waals surface area contributed by atoms with Gasteiger partial charge < -0.3 is 25.0 Å². The lowest BCUT2D eigenvalue weighted by atomic mass is 10.1. The van der Waals surface area contributed by atoms with Crippen molar-refractivity contribution in [3.05, 3.63) is 52.0 Å². The van der Waals surface area contributed by atoms with E-state index in [2.05, 4.69) is 26.6 Å². The molecule has 0 saturated carbocycles. The average Bonchev–Trinajstić information content (AvgIpc) is 3.53. The fourth-order valence-electron chi connectivity index (χ4n) is 4.61. The molecular formula is C27H32BrN3O5. The fourth-order valence-corrected chi connectivity index (χ4v) is 5.23. The topological polar surface area (TPSA) is 97.0 Å². The first-order chi connectivity index (χ1) is 17.3. The number of hydrogen-bond donors (Lipinski definition) is 2. The van der Waals surface area contributed by atoms with Crippen molar-refractivity contribution in [3.63, 3.8) is 0 Å². The van der Waals surface area contributed by atoms with Crippen molar-refractivity contribution in [2.45, 2.75) is 45.6 Å². The number of benzene rings is 2. The van der Waals surface area contributed by atoms with E-state index in [1.54, 1.807) is 29.2 Å². The fraction of sp³-hybridized carbons (Fsp3) is 0.444. The third kappa shape index (κ3) is 6.44. The van der Waals surface area contributed by atoms with E-state index in [9.17, 15) is 14.4 Å². The Bertz CT molecular complexity index is 1120. The number of amides is 3. The van der Waals surface area contributed by atoms with E-state index >= 15 is 0 Å². The zero-order valence-corrected chi connectivity index (χ0v) is 22.2. The van der Waals surface area contributed by atoms with Gasteiger partial charge in [0, 0.05) is 42.0 Å². The predicted octanol–water partition coefficient (Wildman–Crippen LogP) is 3.99. The molecule has 2 fully saturated rings. The monoisotopic (exact) mass is 557 g/mol. The van der Waals surface area contributed by atoms with Crippen LogP contribution in [0.4, 0.5) is 11.4 Å². The van der Waals surface area contributed by atoms with Gasteiger partial charge in [0.15, 0.2) is 6.61 Å². The Kier molecular flexibility index (Phi) is 8.64. The largest absolute Gasteiger partial charge is 0.484 e. The first kappa shape index (κ1) is 26.2. The number of hydrogen-bond acceptors (Lipinski definition) is 5. The van der Waals surface area contributed by atoms with Gasteiger partial charge in [-0.3, -0.25) is 14.4 Å². The summed E-state index contributed by atoms with van der Waals surface area (Å²) in [5.74, 6) is -0.300. The van der Waals surface area contributed by atoms with Crippen LogP contribution in [0.1, 0.15) is 37.3 Å². The molecule has 2 aliphatic heterocycles. The number of anilines is 2. The highest BCUT2D eigenvalue weighted by molar-refractivity contribution is 9.10. The van der Waals surface area contributed by atoms with Crippen molar-refractivity contribution >= 4 is 45.0 Å². The van der Waals surface area contributed by atoms with Gasteiger partial charge in [-0.25, -0.2) is 0 Å². The molecule has 2 aromatic carbocycles. The van der Waals surface area contributed by atoms with Crippen molar-refractivity contribution in [1.29, 1.82) is 0 Å². The Morgan fingerprint density at radius 3 is 2.69 bits per heavy atom. The van der Waals surface area contributed by atoms with Crippen molar-refractivity contribution in [2.24, 2.45) is 5.92 Å². The van der Waals surface area contributed by atoms with Gasteiger partial charge in [-0.1, -0.05) is 22.9 Å². The molecule has 2 saturated heterocycles. The van der Waals surface area contributed by atoms with Crippen LogP contribution in [0, 0.1) is 12.8 Å². The molecule has 0 unspecified atom stereocenters. The van der Waals surface area contributed by atoms with Crippen molar-refractivity contribution in [1.82, 2.24) is 5.32 Å². The molecule has 9 heteroatoms. The molecule has 8 nitrogen and oxygen atoms in total. The van der Waals surface area contributed by atoms with E-state index in [0.29, 0.717) is 24.5 Å². The lowest BCUT2D eigenvalue weighted by Crippen LogP contribution is -2.37. The van der Waals surface area contributed by atoms with Gasteiger partial charge in [0.2, 0.25) is 11.8 Å². The minimum Gasteiger partial charge on any atom is -0.484 e. The van der Waals surface area contributed by atoms with Crippen molar-refractivity contribution in [2.75, 3.05) is 36.5 Å². The number of aryl methyl sites for hydroxylation is 2. The van der Waals surface area contributed by atoms with E-state index in [4.69, 9.17) is 9.47 Å². The van der Waals surface area contributed by atoms with E-state index < -0.39 is 0 Å². The lowest BCUT2D eigenvalue weighted by Gasteiger charge is -2.18. The molecule has 2 N–H and O–H groups in total. The maximum absolute atomic E-state index is 12.6. The van der Waals surface area contributed by atoms with Crippen LogP contribution in [0.25, 0.3) is 0 Å². The third-order valence-corrected chi connectivity index (χ3v) is 7.03. The molecule has 2 aliphatic rings. The molecular weight excluding hydrogens is 526 g/mol. The molecule has 0 bridgehead atoms. The minimum absolute atomic E-state index is 0.0735. The first-order valence-electron chi connectivity index (χ1n) is 12.4. The zero-order valence-electron chi connectivity index (χ0n) is 20.6. The molecule has 0 aliphatic carbocycles. The molecule has 4 rings (SSSR count). The van der Waals surface area contributed by atoms with Crippen LogP contribution in [0.15, 0.2) is 40.9 Å². The molecule has 36 heavy (non-hydrogen) atoms. The van der Waals surface area contributed by atoms with Crippen LogP contribution in [-0.4, -0.2) is 50.1 Å². The average molecular weight is 558 g/mol. The van der Waals surface area contributed by atoms with Crippen LogP contribution in [0.5, 0.6) is 5.75 Å². The van der Waals surface area contributed by atoms with Crippen LogP contribution < -0.4 is 20.3 Å². The SMILES string of the molecule is CCc1cc(Br)cc(C)c1NC(=O)COc1ccc(N2C[C@@H](C(=O)NC[C@H]3CCCO3)CC2=O)cc1. The van der Waals surface area contributed by atoms with Gasteiger partial charge in [0.25, 0.3) is 5.91 Å². The molecule has 2 aromatic rings. The zero-order chi connectivity index (χ0) is 25.7. The highest BCUT2D eigenvalue weighted by Crippen LogP contribution is 2.28. The Labute approximate surface area is 219 Å². The molecule has 0 aromatic heterocycles. The molecule has 3 amide bonds. The summed E-state index contributed by atoms with van der Waals surface area (Å²) in [7, 11) is 0. The van der Waals surface area contributed by atoms with Crippen LogP contribution in [0.3, 0.4) is 0 Å². The minimum atomic E-state index is -0.381. The normalized spacial score (nSPS) is 19.4. The smallest absolute Gasteiger partial charge is 0.262 e. The third-order valence-electron chi connectivity index (χ3n) is 6.57. The number of halogens is 1. The highest BCUT2D eigenvalue weighted by Gasteiger charge is 2.35. The number of nitrogens with one attached hydrogen (secondary N) is 2. The number of nitrogens with zero attached hydrogens (tertiary/aromatic N) is 1. The maximum atomic E-state index is 12.6. The van der Waals surface area contributed by atoms with Gasteiger partial charge in [0.1, 0.15) is 5.75 Å². The van der Waals surface area contributed by atoms with Gasteiger partial charge in [-0.2, -0.15) is 0 Å². The second kappa shape index (κ2) is 11.9. The lowest BCUT2D eigenvalue weighted by molar-refractivity contribution is -0.126. The molecule has 2 heterocycles. The standard InChI is InChI=1S/C27H32BrN3O5/c1-3-18-12-20(28)11-17(2)26(18)30-24(32)16-36-22-8-6-21(7-9-22)31-15-19(13-25(31)33)27(34)29-14-23-5-4-10-35-23/h6-9,11-12,19,23H,3-5,10,13-16H2,1-2H3,(H,29,34)(H,30,32)/t19-,23+/m0/s1. The van der Waals surface area contributed by atoms with Crippen LogP contribution >= 0.6 is 15.9 Å². The number of carbonyl (C=O) groups excluding carboxylic acids is 3. The van der Waals surface area contributed by atoms with Crippen LogP contribution in [0.2, 0.25) is 0 Å². The van der Waals surface area contributed by atoms with Gasteiger partial charge in [0.05, 0.1) is 12.0 Å². The van der Waals surface area contributed by atoms with Crippen molar-refractivity contribution < 1.29 is 23.9 Å². The Balaban J connectivity index is 1.28. The number of ether oxygens (including phenoxy) is 2. The van der Waals surface area contributed by atoms with E-state index in [0.717, 1.165) is 47.2 Å². The Morgan fingerprint density at radius 2 is 2.00 bits per heavy atom. The Morgan fingerprint density at radius 1 is 1.22 bits per heavy atom. The quantitative estimate of drug-likeness (QED) is 0.486. The predicted molar refractivity (Wildman–Crippen MR) is 141 cm³/mol. The summed E-state index contributed by atoms with van der Waals surface area (Å²) >= 11 is 3.49. The summed E-state index contributed by atoms with van der Waals surface area (Å²) in [4.78, 5) is 39.2. The Hall–Kier alpha value is -2.91. The van der Waals surface area contributed by atoms with Crippen LogP contribution in [-0.2, 0) is 25.5 Å². The van der Waals surface area contributed by atoms with Gasteiger partial charge in [-0.05, 0) is 73.7 Å². The number of carbonyl (C=O) groups is 3. The maximum Gasteiger partial charge on any atom is 0.262 e. The van der Waals surface area contributed by atoms with Gasteiger partial charge in [-0.15, -0.1) is 0 Å². The molecule has 0 spiro atoms. The molecule has 2 atom stereocenters. The second-order valence-corrected chi connectivity index (χ2v) is 10.1. The second-order valence-electron chi connectivity index (χ2n) is 9.23. The summed E-state index contributed by atoms with van der Waals surface area (Å²) in [5.41, 5.74) is 3.54. The summed E-state index contributed by atoms with van der Waals surface area (Å²) in [6, 6.07) is 11.0. The van der Waals surface area contributed by atoms with Gasteiger partial charge >= 0.3 is 0 Å². The van der Waals surface area contributed by atoms with Crippen molar-refractivity contribution in [3.8, 4) is 5.75 Å². The first-order valence-corrected chi connectivity index (χ1v) is 13.1. The summed E-state index contributed by atoms with van der Waals surface area (Å²) in [6.07, 6.45) is 3.03.